The standard InChI is InChI=1S/C5H7NO.C4H8/c1-6-4-2-3-5(6)7;1-3-4-2/h2-3H,4H2,1H3;3-4H,1-2H3/b;4-3-. The second kappa shape index (κ2) is 5.71. The number of amides is 1. The Bertz CT molecular complexity index is 166. The van der Waals surface area contributed by atoms with Crippen LogP contribution in [0.2, 0.25) is 0 Å². The first-order valence-corrected chi connectivity index (χ1v) is 3.71. The van der Waals surface area contributed by atoms with E-state index in [0.29, 0.717) is 0 Å². The van der Waals surface area contributed by atoms with Crippen molar-refractivity contribution in [3.63, 3.8) is 0 Å². The van der Waals surface area contributed by atoms with Gasteiger partial charge in [-0.3, -0.25) is 4.79 Å². The lowest BCUT2D eigenvalue weighted by atomic mass is 10.6. The van der Waals surface area contributed by atoms with E-state index in [1.807, 2.05) is 32.1 Å². The second-order valence-electron chi connectivity index (χ2n) is 2.29. The predicted molar refractivity (Wildman–Crippen MR) is 47.3 cm³/mol. The average molecular weight is 153 g/mol. The maximum atomic E-state index is 10.4. The largest absolute Gasteiger partial charge is 0.338 e. The number of allylic oxidation sites excluding steroid dienone is 2. The molecule has 0 fully saturated rings. The van der Waals surface area contributed by atoms with Crippen LogP contribution in [0.3, 0.4) is 0 Å². The van der Waals surface area contributed by atoms with E-state index >= 15 is 0 Å². The highest BCUT2D eigenvalue weighted by Crippen LogP contribution is 1.94. The van der Waals surface area contributed by atoms with Gasteiger partial charge in [0, 0.05) is 19.7 Å². The molecule has 1 aliphatic rings. The zero-order valence-electron chi connectivity index (χ0n) is 7.37. The minimum atomic E-state index is 0.111. The van der Waals surface area contributed by atoms with Crippen molar-refractivity contribution < 1.29 is 4.79 Å². The van der Waals surface area contributed by atoms with E-state index in [1.54, 1.807) is 18.0 Å². The maximum Gasteiger partial charge on any atom is 0.246 e. The summed E-state index contributed by atoms with van der Waals surface area (Å²) >= 11 is 0. The van der Waals surface area contributed by atoms with Crippen molar-refractivity contribution in [3.05, 3.63) is 24.3 Å². The molecule has 0 spiro atoms. The molecular formula is C9H15NO. The van der Waals surface area contributed by atoms with Gasteiger partial charge in [-0.05, 0) is 13.8 Å². The summed E-state index contributed by atoms with van der Waals surface area (Å²) in [5.41, 5.74) is 0. The van der Waals surface area contributed by atoms with Crippen LogP contribution in [0.15, 0.2) is 24.3 Å². The Labute approximate surface area is 68.2 Å². The van der Waals surface area contributed by atoms with Crippen molar-refractivity contribution in [3.8, 4) is 0 Å². The Kier molecular flexibility index (Phi) is 5.17. The smallest absolute Gasteiger partial charge is 0.246 e. The van der Waals surface area contributed by atoms with E-state index in [2.05, 4.69) is 0 Å². The second-order valence-corrected chi connectivity index (χ2v) is 2.29. The molecule has 0 aromatic rings. The zero-order valence-corrected chi connectivity index (χ0v) is 7.37. The van der Waals surface area contributed by atoms with Gasteiger partial charge in [0.2, 0.25) is 5.91 Å². The minimum Gasteiger partial charge on any atom is -0.338 e. The van der Waals surface area contributed by atoms with Crippen LogP contribution in [-0.2, 0) is 4.79 Å². The number of rotatable bonds is 0. The maximum absolute atomic E-state index is 10.4. The third-order valence-electron chi connectivity index (χ3n) is 1.35. The molecule has 0 bridgehead atoms. The Morgan fingerprint density at radius 2 is 2.00 bits per heavy atom. The fourth-order valence-corrected chi connectivity index (χ4v) is 0.529. The quantitative estimate of drug-likeness (QED) is 0.484. The van der Waals surface area contributed by atoms with Gasteiger partial charge in [-0.1, -0.05) is 18.2 Å². The molecule has 2 nitrogen and oxygen atoms in total. The predicted octanol–water partition coefficient (Wildman–Crippen LogP) is 1.60. The van der Waals surface area contributed by atoms with Crippen molar-refractivity contribution in [2.75, 3.05) is 13.6 Å². The van der Waals surface area contributed by atoms with Crippen molar-refractivity contribution in [1.29, 1.82) is 0 Å². The van der Waals surface area contributed by atoms with Crippen LogP contribution in [0, 0.1) is 0 Å². The lowest BCUT2D eigenvalue weighted by molar-refractivity contribution is -0.123. The number of nitrogens with zero attached hydrogens (tertiary/aromatic N) is 1. The van der Waals surface area contributed by atoms with Crippen LogP contribution in [0.1, 0.15) is 13.8 Å². The van der Waals surface area contributed by atoms with Gasteiger partial charge in [0.25, 0.3) is 0 Å². The third kappa shape index (κ3) is 4.37. The van der Waals surface area contributed by atoms with Gasteiger partial charge in [-0.2, -0.15) is 0 Å². The Morgan fingerprint density at radius 3 is 2.09 bits per heavy atom. The molecule has 0 atom stereocenters. The fraction of sp³-hybridized carbons (Fsp3) is 0.444. The van der Waals surface area contributed by atoms with Gasteiger partial charge in [-0.15, -0.1) is 0 Å². The van der Waals surface area contributed by atoms with E-state index in [-0.39, 0.29) is 5.91 Å². The molecule has 0 unspecified atom stereocenters. The van der Waals surface area contributed by atoms with Gasteiger partial charge in [0.15, 0.2) is 0 Å². The molecule has 2 heteroatoms. The molecule has 62 valence electrons. The summed E-state index contributed by atoms with van der Waals surface area (Å²) in [6.07, 6.45) is 7.43. The van der Waals surface area contributed by atoms with Gasteiger partial charge >= 0.3 is 0 Å². The monoisotopic (exact) mass is 153 g/mol. The van der Waals surface area contributed by atoms with Crippen molar-refractivity contribution >= 4 is 5.91 Å². The first-order chi connectivity index (χ1) is 5.22. The van der Waals surface area contributed by atoms with E-state index < -0.39 is 0 Å². The molecule has 0 aromatic heterocycles. The number of hydrogen-bond donors (Lipinski definition) is 0. The molecule has 0 saturated carbocycles. The van der Waals surface area contributed by atoms with Crippen LogP contribution >= 0.6 is 0 Å². The highest BCUT2D eigenvalue weighted by molar-refractivity contribution is 5.89. The molecule has 1 aliphatic heterocycles. The summed E-state index contributed by atoms with van der Waals surface area (Å²) in [4.78, 5) is 12.1. The van der Waals surface area contributed by atoms with Crippen molar-refractivity contribution in [2.24, 2.45) is 0 Å². The first kappa shape index (κ1) is 9.95. The summed E-state index contributed by atoms with van der Waals surface area (Å²) in [5, 5.41) is 0. The molecule has 0 N–H and O–H groups in total. The molecule has 0 aliphatic carbocycles. The summed E-state index contributed by atoms with van der Waals surface area (Å²) in [5.74, 6) is 0.111. The molecule has 0 saturated heterocycles. The third-order valence-corrected chi connectivity index (χ3v) is 1.35. The Balaban J connectivity index is 0.000000218. The summed E-state index contributed by atoms with van der Waals surface area (Å²) < 4.78 is 0. The summed E-state index contributed by atoms with van der Waals surface area (Å²) in [6, 6.07) is 0. The highest BCUT2D eigenvalue weighted by Gasteiger charge is 2.06. The van der Waals surface area contributed by atoms with E-state index in [0.717, 1.165) is 6.54 Å². The van der Waals surface area contributed by atoms with Crippen LogP contribution in [-0.4, -0.2) is 24.4 Å². The molecule has 1 amide bonds. The van der Waals surface area contributed by atoms with Crippen LogP contribution in [0.4, 0.5) is 0 Å². The molecule has 1 rings (SSSR count). The Hall–Kier alpha value is -1.05. The van der Waals surface area contributed by atoms with Gasteiger partial charge < -0.3 is 4.90 Å². The van der Waals surface area contributed by atoms with Gasteiger partial charge in [0.1, 0.15) is 0 Å². The number of hydrogen-bond acceptors (Lipinski definition) is 1. The highest BCUT2D eigenvalue weighted by atomic mass is 16.2. The topological polar surface area (TPSA) is 20.3 Å². The molecular weight excluding hydrogens is 138 g/mol. The van der Waals surface area contributed by atoms with Crippen LogP contribution in [0.5, 0.6) is 0 Å². The zero-order chi connectivity index (χ0) is 8.69. The number of likely N-dealkylation sites (N-methyl/N-ethyl adjacent to an activating group) is 1. The van der Waals surface area contributed by atoms with Gasteiger partial charge in [-0.25, -0.2) is 0 Å². The molecule has 0 aromatic carbocycles. The van der Waals surface area contributed by atoms with E-state index in [9.17, 15) is 4.79 Å². The number of carbonyl (C=O) groups excluding carboxylic acids is 1. The summed E-state index contributed by atoms with van der Waals surface area (Å²) in [6.45, 7) is 4.78. The normalized spacial score (nSPS) is 15.5. The van der Waals surface area contributed by atoms with Gasteiger partial charge in [0.05, 0.1) is 0 Å². The summed E-state index contributed by atoms with van der Waals surface area (Å²) in [7, 11) is 1.78. The van der Waals surface area contributed by atoms with Crippen molar-refractivity contribution in [2.45, 2.75) is 13.8 Å². The van der Waals surface area contributed by atoms with E-state index in [4.69, 9.17) is 0 Å². The molecule has 1 heterocycles. The minimum absolute atomic E-state index is 0.111. The van der Waals surface area contributed by atoms with E-state index in [1.165, 1.54) is 0 Å². The number of carbonyl (C=O) groups is 1. The van der Waals surface area contributed by atoms with Crippen LogP contribution < -0.4 is 0 Å². The molecule has 11 heavy (non-hydrogen) atoms. The van der Waals surface area contributed by atoms with Crippen molar-refractivity contribution in [1.82, 2.24) is 4.90 Å². The fourth-order valence-electron chi connectivity index (χ4n) is 0.529. The SMILES string of the molecule is C/C=C\C.CN1CC=CC1=O. The van der Waals surface area contributed by atoms with Crippen LogP contribution in [0.25, 0.3) is 0 Å². The molecule has 0 radical (unpaired) electrons. The first-order valence-electron chi connectivity index (χ1n) is 3.71. The lowest BCUT2D eigenvalue weighted by Crippen LogP contribution is -2.18. The Morgan fingerprint density at radius 1 is 1.45 bits per heavy atom. The lowest BCUT2D eigenvalue weighted by Gasteiger charge is -2.03. The average Bonchev–Trinajstić information content (AvgIpc) is 2.37.